The van der Waals surface area contributed by atoms with Crippen molar-refractivity contribution in [1.82, 2.24) is 4.90 Å². The molecule has 0 unspecified atom stereocenters. The number of hydrogen-bond donors (Lipinski definition) is 1. The normalized spacial score (nSPS) is 21.2. The lowest BCUT2D eigenvalue weighted by atomic mass is 9.84. The second kappa shape index (κ2) is 6.61. The van der Waals surface area contributed by atoms with Gasteiger partial charge in [-0.25, -0.2) is 0 Å². The van der Waals surface area contributed by atoms with Crippen LogP contribution >= 0.6 is 15.9 Å². The summed E-state index contributed by atoms with van der Waals surface area (Å²) in [6.45, 7) is 0.0572. The number of amides is 2. The van der Waals surface area contributed by atoms with Gasteiger partial charge in [0.1, 0.15) is 18.5 Å². The van der Waals surface area contributed by atoms with Crippen molar-refractivity contribution in [1.29, 1.82) is 0 Å². The van der Waals surface area contributed by atoms with Gasteiger partial charge in [0, 0.05) is 10.9 Å². The number of imide groups is 1. The number of aliphatic hydroxyl groups excluding tert-OH is 1. The first-order chi connectivity index (χ1) is 11.0. The van der Waals surface area contributed by atoms with E-state index < -0.39 is 11.5 Å². The van der Waals surface area contributed by atoms with Crippen molar-refractivity contribution in [3.05, 3.63) is 28.7 Å². The maximum absolute atomic E-state index is 12.5. The lowest BCUT2D eigenvalue weighted by molar-refractivity contribution is -0.143. The van der Waals surface area contributed by atoms with E-state index >= 15 is 0 Å². The summed E-state index contributed by atoms with van der Waals surface area (Å²) < 4.78 is 6.45. The van der Waals surface area contributed by atoms with Gasteiger partial charge >= 0.3 is 0 Å². The predicted octanol–water partition coefficient (Wildman–Crippen LogP) is 2.51. The van der Waals surface area contributed by atoms with Crippen molar-refractivity contribution in [3.8, 4) is 5.75 Å². The zero-order chi connectivity index (χ0) is 16.4. The number of ether oxygens (including phenoxy) is 1. The molecule has 23 heavy (non-hydrogen) atoms. The topological polar surface area (TPSA) is 66.8 Å². The summed E-state index contributed by atoms with van der Waals surface area (Å²) in [6, 6.07) is 7.27. The van der Waals surface area contributed by atoms with Gasteiger partial charge in [-0.05, 0) is 37.1 Å². The quantitative estimate of drug-likeness (QED) is 0.795. The van der Waals surface area contributed by atoms with Crippen LogP contribution in [0.3, 0.4) is 0 Å². The first-order valence-electron chi connectivity index (χ1n) is 7.91. The molecule has 1 atom stereocenters. The molecule has 1 heterocycles. The van der Waals surface area contributed by atoms with Gasteiger partial charge in [0.25, 0.3) is 0 Å². The number of aliphatic hydroxyl groups is 1. The number of halogens is 1. The standard InChI is InChI=1S/C17H20BrNO4/c18-12-3-5-14(6-4-12)23-11-13(20)10-19-15(21)9-17(16(19)22)7-1-2-8-17/h3-6,13,20H,1-2,7-11H2/t13-/m0/s1. The van der Waals surface area contributed by atoms with Crippen LogP contribution in [-0.4, -0.2) is 41.1 Å². The Hall–Kier alpha value is -1.40. The monoisotopic (exact) mass is 381 g/mol. The molecule has 0 aromatic heterocycles. The second-order valence-electron chi connectivity index (χ2n) is 6.39. The van der Waals surface area contributed by atoms with Gasteiger partial charge in [-0.15, -0.1) is 0 Å². The van der Waals surface area contributed by atoms with Crippen molar-refractivity contribution in [2.45, 2.75) is 38.2 Å². The average Bonchev–Trinajstić information content (AvgIpc) is 3.08. The summed E-state index contributed by atoms with van der Waals surface area (Å²) in [5.41, 5.74) is -0.483. The van der Waals surface area contributed by atoms with Crippen LogP contribution in [-0.2, 0) is 9.59 Å². The van der Waals surface area contributed by atoms with Crippen LogP contribution < -0.4 is 4.74 Å². The third-order valence-electron chi connectivity index (χ3n) is 4.70. The van der Waals surface area contributed by atoms with Crippen LogP contribution in [0.4, 0.5) is 0 Å². The van der Waals surface area contributed by atoms with Crippen molar-refractivity contribution in [2.24, 2.45) is 5.41 Å². The molecular formula is C17H20BrNO4. The summed E-state index contributed by atoms with van der Waals surface area (Å²) in [4.78, 5) is 25.9. The van der Waals surface area contributed by atoms with Gasteiger partial charge < -0.3 is 9.84 Å². The van der Waals surface area contributed by atoms with E-state index in [9.17, 15) is 14.7 Å². The maximum Gasteiger partial charge on any atom is 0.235 e. The highest BCUT2D eigenvalue weighted by Gasteiger charge is 2.52. The van der Waals surface area contributed by atoms with E-state index in [2.05, 4.69) is 15.9 Å². The number of nitrogens with zero attached hydrogens (tertiary/aromatic N) is 1. The molecular weight excluding hydrogens is 362 g/mol. The molecule has 6 heteroatoms. The molecule has 2 aliphatic rings. The average molecular weight is 382 g/mol. The molecule has 1 N–H and O–H groups in total. The Balaban J connectivity index is 1.55. The van der Waals surface area contributed by atoms with Gasteiger partial charge in [0.15, 0.2) is 0 Å². The largest absolute Gasteiger partial charge is 0.491 e. The first-order valence-corrected chi connectivity index (χ1v) is 8.71. The van der Waals surface area contributed by atoms with E-state index in [1.165, 1.54) is 4.90 Å². The third kappa shape index (κ3) is 3.43. The number of rotatable bonds is 5. The number of hydrogen-bond acceptors (Lipinski definition) is 4. The number of carbonyl (C=O) groups is 2. The number of likely N-dealkylation sites (tertiary alicyclic amines) is 1. The molecule has 1 aliphatic carbocycles. The Bertz CT molecular complexity index is 595. The van der Waals surface area contributed by atoms with Gasteiger partial charge in [0.2, 0.25) is 11.8 Å². The molecule has 0 bridgehead atoms. The summed E-state index contributed by atoms with van der Waals surface area (Å²) in [6.07, 6.45) is 3.00. The second-order valence-corrected chi connectivity index (χ2v) is 7.31. The zero-order valence-corrected chi connectivity index (χ0v) is 14.4. The lowest BCUT2D eigenvalue weighted by Crippen LogP contribution is -2.41. The Morgan fingerprint density at radius 3 is 2.52 bits per heavy atom. The summed E-state index contributed by atoms with van der Waals surface area (Å²) in [7, 11) is 0. The number of carbonyl (C=O) groups excluding carboxylic acids is 2. The smallest absolute Gasteiger partial charge is 0.235 e. The molecule has 0 radical (unpaired) electrons. The molecule has 124 valence electrons. The number of benzene rings is 1. The van der Waals surface area contributed by atoms with Gasteiger partial charge in [0.05, 0.1) is 12.0 Å². The third-order valence-corrected chi connectivity index (χ3v) is 5.23. The van der Waals surface area contributed by atoms with E-state index in [-0.39, 0.29) is 25.0 Å². The molecule has 1 aromatic rings. The van der Waals surface area contributed by atoms with E-state index in [0.717, 1.165) is 30.2 Å². The SMILES string of the molecule is O=C1CC2(CCCC2)C(=O)N1C[C@H](O)COc1ccc(Br)cc1. The molecule has 1 saturated heterocycles. The molecule has 1 saturated carbocycles. The van der Waals surface area contributed by atoms with E-state index in [1.54, 1.807) is 12.1 Å². The lowest BCUT2D eigenvalue weighted by Gasteiger charge is -2.22. The van der Waals surface area contributed by atoms with E-state index in [4.69, 9.17) is 4.74 Å². The highest BCUT2D eigenvalue weighted by Crippen LogP contribution is 2.46. The minimum absolute atomic E-state index is 0.00987. The fourth-order valence-corrected chi connectivity index (χ4v) is 3.74. The van der Waals surface area contributed by atoms with Gasteiger partial charge in [-0.1, -0.05) is 28.8 Å². The minimum Gasteiger partial charge on any atom is -0.491 e. The highest BCUT2D eigenvalue weighted by molar-refractivity contribution is 9.10. The summed E-state index contributed by atoms with van der Waals surface area (Å²) in [5, 5.41) is 10.1. The Kier molecular flexibility index (Phi) is 4.73. The molecule has 1 aromatic carbocycles. The van der Waals surface area contributed by atoms with Crippen LogP contribution in [0.25, 0.3) is 0 Å². The van der Waals surface area contributed by atoms with Crippen molar-refractivity contribution >= 4 is 27.7 Å². The van der Waals surface area contributed by atoms with E-state index in [0.29, 0.717) is 12.2 Å². The molecule has 1 spiro atoms. The Morgan fingerprint density at radius 1 is 1.22 bits per heavy atom. The molecule has 3 rings (SSSR count). The highest BCUT2D eigenvalue weighted by atomic mass is 79.9. The molecule has 5 nitrogen and oxygen atoms in total. The minimum atomic E-state index is -0.886. The van der Waals surface area contributed by atoms with E-state index in [1.807, 2.05) is 12.1 Å². The van der Waals surface area contributed by atoms with Crippen LogP contribution in [0.1, 0.15) is 32.1 Å². The fraction of sp³-hybridized carbons (Fsp3) is 0.529. The van der Waals surface area contributed by atoms with Crippen LogP contribution in [0, 0.1) is 5.41 Å². The fourth-order valence-electron chi connectivity index (χ4n) is 3.47. The van der Waals surface area contributed by atoms with Crippen LogP contribution in [0.15, 0.2) is 28.7 Å². The van der Waals surface area contributed by atoms with Crippen molar-refractivity contribution in [3.63, 3.8) is 0 Å². The maximum atomic E-state index is 12.5. The van der Waals surface area contributed by atoms with Crippen molar-refractivity contribution < 1.29 is 19.4 Å². The van der Waals surface area contributed by atoms with Crippen LogP contribution in [0.5, 0.6) is 5.75 Å². The first kappa shape index (κ1) is 16.5. The van der Waals surface area contributed by atoms with Gasteiger partial charge in [-0.2, -0.15) is 0 Å². The summed E-state index contributed by atoms with van der Waals surface area (Å²) >= 11 is 3.34. The Labute approximate surface area is 143 Å². The number of β-amino-alcohol motifs (C(OH)–C–C–N with tert-alkyl or cyclic N) is 1. The Morgan fingerprint density at radius 2 is 1.87 bits per heavy atom. The molecule has 1 aliphatic heterocycles. The molecule has 2 fully saturated rings. The van der Waals surface area contributed by atoms with Gasteiger partial charge in [-0.3, -0.25) is 14.5 Å². The van der Waals surface area contributed by atoms with Crippen molar-refractivity contribution in [2.75, 3.05) is 13.2 Å². The van der Waals surface area contributed by atoms with Crippen LogP contribution in [0.2, 0.25) is 0 Å². The predicted molar refractivity (Wildman–Crippen MR) is 87.9 cm³/mol. The molecule has 2 amide bonds. The summed E-state index contributed by atoms with van der Waals surface area (Å²) in [5.74, 6) is 0.362. The zero-order valence-electron chi connectivity index (χ0n) is 12.8.